The number of carbonyl (C=O) groups excluding carboxylic acids is 1. The minimum Gasteiger partial charge on any atom is -0.459 e. The number of hydrogen-bond acceptors (Lipinski definition) is 5. The fraction of sp³-hybridized carbons (Fsp3) is 0.739. The zero-order valence-corrected chi connectivity index (χ0v) is 18.4. The topological polar surface area (TPSA) is 79.6 Å². The molecule has 1 saturated heterocycles. The van der Waals surface area contributed by atoms with Gasteiger partial charge in [0.05, 0.1) is 18.3 Å². The molecule has 5 heteroatoms. The first-order valence-electron chi connectivity index (χ1n) is 10.2. The van der Waals surface area contributed by atoms with Gasteiger partial charge in [-0.2, -0.15) is 5.26 Å². The largest absolute Gasteiger partial charge is 0.459 e. The minimum atomic E-state index is -0.750. The Hall–Kier alpha value is -1.64. The van der Waals surface area contributed by atoms with Gasteiger partial charge in [0, 0.05) is 13.0 Å². The Morgan fingerprint density at radius 1 is 1.50 bits per heavy atom. The van der Waals surface area contributed by atoms with E-state index >= 15 is 0 Å². The molecular weight excluding hydrogens is 354 g/mol. The lowest BCUT2D eigenvalue weighted by atomic mass is 9.81. The van der Waals surface area contributed by atoms with E-state index in [1.165, 1.54) is 18.6 Å². The number of esters is 1. The molecule has 4 atom stereocenters. The second kappa shape index (κ2) is 10.8. The van der Waals surface area contributed by atoms with Crippen molar-refractivity contribution >= 4 is 5.97 Å². The number of allylic oxidation sites excluding steroid dienone is 2. The summed E-state index contributed by atoms with van der Waals surface area (Å²) in [6, 6.07) is 2.06. The standard InChI is InChI=1S/C23H37NO4/c1-17(2)11-14-22(5,26)18(3)8-7-13-23(6)21(28-19(4)25)10-9-20(12-15-24)16-27-23/h11-12,18,21,26H,7-10,13-14,16H2,1-6H3/t18?,21-,22?,23+/m1/s1. The maximum absolute atomic E-state index is 11.6. The summed E-state index contributed by atoms with van der Waals surface area (Å²) >= 11 is 0. The molecule has 0 saturated carbocycles. The third-order valence-corrected chi connectivity index (χ3v) is 5.87. The van der Waals surface area contributed by atoms with Gasteiger partial charge < -0.3 is 14.6 Å². The number of nitrogens with zero attached hydrogens (tertiary/aromatic N) is 1. The maximum Gasteiger partial charge on any atom is 0.303 e. The van der Waals surface area contributed by atoms with Crippen LogP contribution in [-0.4, -0.2) is 35.0 Å². The first kappa shape index (κ1) is 24.4. The second-order valence-corrected chi connectivity index (χ2v) is 8.81. The lowest BCUT2D eigenvalue weighted by molar-refractivity contribution is -0.168. The van der Waals surface area contributed by atoms with Gasteiger partial charge in [-0.15, -0.1) is 0 Å². The van der Waals surface area contributed by atoms with Gasteiger partial charge in [-0.3, -0.25) is 4.79 Å². The van der Waals surface area contributed by atoms with Crippen molar-refractivity contribution in [2.75, 3.05) is 6.61 Å². The first-order chi connectivity index (χ1) is 13.0. The molecule has 0 aromatic rings. The van der Waals surface area contributed by atoms with Gasteiger partial charge in [0.2, 0.25) is 0 Å². The number of ether oxygens (including phenoxy) is 2. The molecule has 158 valence electrons. The van der Waals surface area contributed by atoms with Crippen LogP contribution in [0.1, 0.15) is 80.1 Å². The molecule has 5 nitrogen and oxygen atoms in total. The van der Waals surface area contributed by atoms with Crippen LogP contribution in [0.5, 0.6) is 0 Å². The van der Waals surface area contributed by atoms with Crippen molar-refractivity contribution in [2.24, 2.45) is 5.92 Å². The summed E-state index contributed by atoms with van der Waals surface area (Å²) in [6.45, 7) is 11.8. The lowest BCUT2D eigenvalue weighted by Crippen LogP contribution is -2.44. The predicted molar refractivity (Wildman–Crippen MR) is 111 cm³/mol. The van der Waals surface area contributed by atoms with E-state index in [0.29, 0.717) is 25.9 Å². The highest BCUT2D eigenvalue weighted by Gasteiger charge is 2.40. The van der Waals surface area contributed by atoms with Crippen LogP contribution in [0.4, 0.5) is 0 Å². The molecular formula is C23H37NO4. The van der Waals surface area contributed by atoms with Crippen LogP contribution in [-0.2, 0) is 14.3 Å². The number of hydrogen-bond donors (Lipinski definition) is 1. The molecule has 0 aromatic heterocycles. The summed E-state index contributed by atoms with van der Waals surface area (Å²) in [4.78, 5) is 11.6. The van der Waals surface area contributed by atoms with Crippen LogP contribution in [0, 0.1) is 17.2 Å². The molecule has 1 heterocycles. The zero-order valence-electron chi connectivity index (χ0n) is 18.4. The van der Waals surface area contributed by atoms with Crippen LogP contribution in [0.3, 0.4) is 0 Å². The molecule has 0 bridgehead atoms. The minimum absolute atomic E-state index is 0.138. The monoisotopic (exact) mass is 391 g/mol. The van der Waals surface area contributed by atoms with Gasteiger partial charge in [-0.25, -0.2) is 0 Å². The van der Waals surface area contributed by atoms with Crippen molar-refractivity contribution in [1.29, 1.82) is 5.26 Å². The molecule has 2 unspecified atom stereocenters. The highest BCUT2D eigenvalue weighted by molar-refractivity contribution is 5.66. The summed E-state index contributed by atoms with van der Waals surface area (Å²) in [5, 5.41) is 19.7. The number of carbonyl (C=O) groups is 1. The van der Waals surface area contributed by atoms with E-state index in [1.807, 2.05) is 27.7 Å². The molecule has 1 aliphatic heterocycles. The Kier molecular flexibility index (Phi) is 9.39. The van der Waals surface area contributed by atoms with Crippen molar-refractivity contribution in [3.05, 3.63) is 23.3 Å². The van der Waals surface area contributed by atoms with E-state index in [2.05, 4.69) is 19.1 Å². The normalized spacial score (nSPS) is 27.2. The molecule has 1 rings (SSSR count). The molecule has 0 spiro atoms. The average molecular weight is 392 g/mol. The average Bonchev–Trinajstić information content (AvgIpc) is 2.74. The van der Waals surface area contributed by atoms with Crippen molar-refractivity contribution in [3.63, 3.8) is 0 Å². The van der Waals surface area contributed by atoms with E-state index in [9.17, 15) is 9.90 Å². The Morgan fingerprint density at radius 3 is 2.75 bits per heavy atom. The number of nitriles is 1. The van der Waals surface area contributed by atoms with Gasteiger partial charge in [-0.05, 0) is 71.3 Å². The third-order valence-electron chi connectivity index (χ3n) is 5.87. The zero-order chi connectivity index (χ0) is 21.4. The Labute approximate surface area is 170 Å². The quantitative estimate of drug-likeness (QED) is 0.363. The van der Waals surface area contributed by atoms with Crippen LogP contribution in [0.2, 0.25) is 0 Å². The van der Waals surface area contributed by atoms with Gasteiger partial charge in [-0.1, -0.05) is 25.0 Å². The fourth-order valence-electron chi connectivity index (χ4n) is 3.55. The SMILES string of the molecule is CC(=O)O[C@@H]1CCC(=CC#N)CO[C@@]1(C)CCCC(C)C(C)(O)CC=C(C)C. The molecule has 1 fully saturated rings. The Bertz CT molecular complexity index is 625. The van der Waals surface area contributed by atoms with Crippen LogP contribution in [0.15, 0.2) is 23.3 Å². The van der Waals surface area contributed by atoms with E-state index in [0.717, 1.165) is 24.8 Å². The Balaban J connectivity index is 2.76. The highest BCUT2D eigenvalue weighted by Crippen LogP contribution is 2.35. The summed E-state index contributed by atoms with van der Waals surface area (Å²) in [5.41, 5.74) is 0.793. The fourth-order valence-corrected chi connectivity index (χ4v) is 3.55. The van der Waals surface area contributed by atoms with Crippen LogP contribution in [0.25, 0.3) is 0 Å². The predicted octanol–water partition coefficient (Wildman–Crippen LogP) is 4.85. The van der Waals surface area contributed by atoms with Gasteiger partial charge >= 0.3 is 5.97 Å². The first-order valence-corrected chi connectivity index (χ1v) is 10.2. The smallest absolute Gasteiger partial charge is 0.303 e. The van der Waals surface area contributed by atoms with E-state index in [-0.39, 0.29) is 18.0 Å². The summed E-state index contributed by atoms with van der Waals surface area (Å²) in [7, 11) is 0. The van der Waals surface area contributed by atoms with Crippen LogP contribution >= 0.6 is 0 Å². The highest BCUT2D eigenvalue weighted by atomic mass is 16.6. The third kappa shape index (κ3) is 7.77. The molecule has 1 aliphatic rings. The lowest BCUT2D eigenvalue weighted by Gasteiger charge is -2.36. The van der Waals surface area contributed by atoms with Crippen molar-refractivity contribution in [1.82, 2.24) is 0 Å². The van der Waals surface area contributed by atoms with Crippen molar-refractivity contribution < 1.29 is 19.4 Å². The van der Waals surface area contributed by atoms with Gasteiger partial charge in [0.1, 0.15) is 11.7 Å². The Morgan fingerprint density at radius 2 is 2.18 bits per heavy atom. The van der Waals surface area contributed by atoms with E-state index < -0.39 is 11.2 Å². The molecule has 0 aliphatic carbocycles. The maximum atomic E-state index is 11.6. The number of rotatable bonds is 8. The van der Waals surface area contributed by atoms with E-state index in [1.54, 1.807) is 0 Å². The molecule has 0 amide bonds. The van der Waals surface area contributed by atoms with Crippen molar-refractivity contribution in [2.45, 2.75) is 97.4 Å². The molecule has 0 radical (unpaired) electrons. The molecule has 28 heavy (non-hydrogen) atoms. The molecule has 1 N–H and O–H groups in total. The summed E-state index contributed by atoms with van der Waals surface area (Å²) in [6.07, 6.45) is 7.69. The van der Waals surface area contributed by atoms with Gasteiger partial charge in [0.15, 0.2) is 0 Å². The summed E-state index contributed by atoms with van der Waals surface area (Å²) in [5.74, 6) is -0.177. The van der Waals surface area contributed by atoms with Crippen molar-refractivity contribution in [3.8, 4) is 6.07 Å². The number of aliphatic hydroxyl groups is 1. The second-order valence-electron chi connectivity index (χ2n) is 8.81. The van der Waals surface area contributed by atoms with Gasteiger partial charge in [0.25, 0.3) is 0 Å². The molecule has 0 aromatic carbocycles. The van der Waals surface area contributed by atoms with E-state index in [4.69, 9.17) is 14.7 Å². The summed E-state index contributed by atoms with van der Waals surface area (Å²) < 4.78 is 11.7. The van der Waals surface area contributed by atoms with Crippen LogP contribution < -0.4 is 0 Å².